The van der Waals surface area contributed by atoms with Crippen LogP contribution in [-0.4, -0.2) is 13.1 Å². The van der Waals surface area contributed by atoms with Gasteiger partial charge in [0.25, 0.3) is 0 Å². The van der Waals surface area contributed by atoms with E-state index in [1.807, 2.05) is 12.1 Å². The van der Waals surface area contributed by atoms with E-state index >= 15 is 0 Å². The maximum atomic E-state index is 6.00. The van der Waals surface area contributed by atoms with E-state index in [1.165, 1.54) is 12.0 Å². The summed E-state index contributed by atoms with van der Waals surface area (Å²) < 4.78 is 0. The van der Waals surface area contributed by atoms with Crippen LogP contribution in [0.4, 0.5) is 0 Å². The van der Waals surface area contributed by atoms with Gasteiger partial charge in [-0.25, -0.2) is 0 Å². The van der Waals surface area contributed by atoms with Crippen LogP contribution in [0.1, 0.15) is 39.7 Å². The van der Waals surface area contributed by atoms with Gasteiger partial charge in [0.15, 0.2) is 0 Å². The Hall–Kier alpha value is -0.530. The van der Waals surface area contributed by atoms with Crippen molar-refractivity contribution in [2.24, 2.45) is 11.3 Å². The second-order valence-corrected chi connectivity index (χ2v) is 6.35. The molecule has 1 aliphatic rings. The highest BCUT2D eigenvalue weighted by atomic mass is 35.5. The molecule has 1 aliphatic carbocycles. The molecular weight excluding hydrogens is 242 g/mol. The molecule has 2 rings (SSSR count). The predicted octanol–water partition coefficient (Wildman–Crippen LogP) is 4.25. The Morgan fingerprint density at radius 1 is 1.17 bits per heavy atom. The lowest BCUT2D eigenvalue weighted by Gasteiger charge is -2.19. The third-order valence-electron chi connectivity index (χ3n) is 5.05. The molecule has 0 aromatic heterocycles. The van der Waals surface area contributed by atoms with Gasteiger partial charge in [-0.1, -0.05) is 51.4 Å². The highest BCUT2D eigenvalue weighted by Gasteiger charge is 2.69. The molecule has 2 unspecified atom stereocenters. The fraction of sp³-hybridized carbons (Fsp3) is 0.625. The SMILES string of the molecule is CCNCC1C(C)(C)C1(CC)c1ccc(Cl)cc1. The number of nitrogens with one attached hydrogen (secondary N) is 1. The molecule has 2 atom stereocenters. The molecule has 0 radical (unpaired) electrons. The maximum Gasteiger partial charge on any atom is 0.0406 e. The molecule has 1 aromatic rings. The molecule has 0 spiro atoms. The Bertz CT molecular complexity index is 410. The van der Waals surface area contributed by atoms with Gasteiger partial charge in [-0.2, -0.15) is 0 Å². The van der Waals surface area contributed by atoms with Gasteiger partial charge in [-0.05, 0) is 48.5 Å². The fourth-order valence-corrected chi connectivity index (χ4v) is 4.04. The van der Waals surface area contributed by atoms with E-state index < -0.39 is 0 Å². The van der Waals surface area contributed by atoms with E-state index in [0.29, 0.717) is 10.8 Å². The Morgan fingerprint density at radius 3 is 2.28 bits per heavy atom. The van der Waals surface area contributed by atoms with Crippen molar-refractivity contribution in [1.29, 1.82) is 0 Å². The zero-order valence-electron chi connectivity index (χ0n) is 11.9. The average molecular weight is 266 g/mol. The van der Waals surface area contributed by atoms with Gasteiger partial charge in [-0.3, -0.25) is 0 Å². The van der Waals surface area contributed by atoms with Crippen molar-refractivity contribution in [3.8, 4) is 0 Å². The first-order chi connectivity index (χ1) is 8.50. The van der Waals surface area contributed by atoms with E-state index in [1.54, 1.807) is 0 Å². The summed E-state index contributed by atoms with van der Waals surface area (Å²) in [6, 6.07) is 8.46. The Balaban J connectivity index is 2.29. The van der Waals surface area contributed by atoms with Crippen molar-refractivity contribution < 1.29 is 0 Å². The first-order valence-electron chi connectivity index (χ1n) is 6.97. The first kappa shape index (κ1) is 13.9. The van der Waals surface area contributed by atoms with Gasteiger partial charge in [0, 0.05) is 10.4 Å². The normalized spacial score (nSPS) is 29.3. The zero-order chi connectivity index (χ0) is 13.4. The molecule has 100 valence electrons. The van der Waals surface area contributed by atoms with Crippen LogP contribution in [0.5, 0.6) is 0 Å². The van der Waals surface area contributed by atoms with Gasteiger partial charge >= 0.3 is 0 Å². The van der Waals surface area contributed by atoms with Crippen LogP contribution in [0.25, 0.3) is 0 Å². The minimum Gasteiger partial charge on any atom is -0.317 e. The summed E-state index contributed by atoms with van der Waals surface area (Å²) in [6.07, 6.45) is 1.19. The standard InChI is InChI=1S/C16H24ClN/c1-5-16(12-7-9-13(17)10-8-12)14(11-18-6-2)15(16,3)4/h7-10,14,18H,5-6,11H2,1-4H3. The van der Waals surface area contributed by atoms with E-state index in [0.717, 1.165) is 24.0 Å². The number of halogens is 1. The summed E-state index contributed by atoms with van der Waals surface area (Å²) in [7, 11) is 0. The van der Waals surface area contributed by atoms with Crippen LogP contribution in [-0.2, 0) is 5.41 Å². The minimum absolute atomic E-state index is 0.319. The van der Waals surface area contributed by atoms with Gasteiger partial charge in [0.05, 0.1) is 0 Å². The van der Waals surface area contributed by atoms with E-state index in [2.05, 4.69) is 45.1 Å². The number of rotatable bonds is 5. The highest BCUT2D eigenvalue weighted by molar-refractivity contribution is 6.30. The lowest BCUT2D eigenvalue weighted by atomic mass is 9.85. The van der Waals surface area contributed by atoms with Crippen molar-refractivity contribution in [2.45, 2.75) is 39.5 Å². The fourth-order valence-electron chi connectivity index (χ4n) is 3.91. The monoisotopic (exact) mass is 265 g/mol. The second kappa shape index (κ2) is 4.86. The predicted molar refractivity (Wildman–Crippen MR) is 79.2 cm³/mol. The summed E-state index contributed by atoms with van der Waals surface area (Å²) in [5.74, 6) is 0.719. The maximum absolute atomic E-state index is 6.00. The Kier molecular flexibility index (Phi) is 3.75. The van der Waals surface area contributed by atoms with Crippen molar-refractivity contribution >= 4 is 11.6 Å². The van der Waals surface area contributed by atoms with E-state index in [4.69, 9.17) is 11.6 Å². The van der Waals surface area contributed by atoms with Gasteiger partial charge in [-0.15, -0.1) is 0 Å². The first-order valence-corrected chi connectivity index (χ1v) is 7.35. The molecule has 2 heteroatoms. The molecule has 0 amide bonds. The molecule has 18 heavy (non-hydrogen) atoms. The Morgan fingerprint density at radius 2 is 1.78 bits per heavy atom. The molecule has 1 N–H and O–H groups in total. The minimum atomic E-state index is 0.319. The van der Waals surface area contributed by atoms with Crippen LogP contribution in [0, 0.1) is 11.3 Å². The molecule has 0 heterocycles. The summed E-state index contributed by atoms with van der Waals surface area (Å²) in [4.78, 5) is 0. The molecule has 1 nitrogen and oxygen atoms in total. The quantitative estimate of drug-likeness (QED) is 0.839. The van der Waals surface area contributed by atoms with Crippen LogP contribution < -0.4 is 5.32 Å². The molecule has 0 bridgehead atoms. The van der Waals surface area contributed by atoms with E-state index in [-0.39, 0.29) is 0 Å². The molecular formula is C16H24ClN. The van der Waals surface area contributed by atoms with Crippen molar-refractivity contribution in [3.63, 3.8) is 0 Å². The molecule has 1 saturated carbocycles. The zero-order valence-corrected chi connectivity index (χ0v) is 12.6. The third kappa shape index (κ3) is 1.88. The average Bonchev–Trinajstić information content (AvgIpc) is 2.84. The van der Waals surface area contributed by atoms with Crippen LogP contribution in [0.15, 0.2) is 24.3 Å². The second-order valence-electron chi connectivity index (χ2n) is 5.91. The summed E-state index contributed by atoms with van der Waals surface area (Å²) >= 11 is 6.00. The molecule has 0 aliphatic heterocycles. The largest absolute Gasteiger partial charge is 0.317 e. The lowest BCUT2D eigenvalue weighted by molar-refractivity contribution is 0.481. The van der Waals surface area contributed by atoms with Gasteiger partial charge < -0.3 is 5.32 Å². The topological polar surface area (TPSA) is 12.0 Å². The third-order valence-corrected chi connectivity index (χ3v) is 5.30. The molecule has 1 aromatic carbocycles. The number of hydrogen-bond acceptors (Lipinski definition) is 1. The smallest absolute Gasteiger partial charge is 0.0406 e. The van der Waals surface area contributed by atoms with Gasteiger partial charge in [0.1, 0.15) is 0 Å². The highest BCUT2D eigenvalue weighted by Crippen LogP contribution is 2.70. The lowest BCUT2D eigenvalue weighted by Crippen LogP contribution is -2.20. The Labute approximate surface area is 116 Å². The van der Waals surface area contributed by atoms with Crippen LogP contribution in [0.2, 0.25) is 5.02 Å². The van der Waals surface area contributed by atoms with E-state index in [9.17, 15) is 0 Å². The number of hydrogen-bond donors (Lipinski definition) is 1. The van der Waals surface area contributed by atoms with Crippen LogP contribution in [0.3, 0.4) is 0 Å². The van der Waals surface area contributed by atoms with Gasteiger partial charge in [0.2, 0.25) is 0 Å². The van der Waals surface area contributed by atoms with Crippen LogP contribution >= 0.6 is 11.6 Å². The summed E-state index contributed by atoms with van der Waals surface area (Å²) in [6.45, 7) is 11.4. The van der Waals surface area contributed by atoms with Crippen molar-refractivity contribution in [2.75, 3.05) is 13.1 Å². The van der Waals surface area contributed by atoms with Crippen molar-refractivity contribution in [1.82, 2.24) is 5.32 Å². The number of benzene rings is 1. The summed E-state index contributed by atoms with van der Waals surface area (Å²) in [5.41, 5.74) is 2.14. The molecule has 1 fully saturated rings. The summed E-state index contributed by atoms with van der Waals surface area (Å²) in [5, 5.41) is 4.34. The molecule has 0 saturated heterocycles. The van der Waals surface area contributed by atoms with Crippen molar-refractivity contribution in [3.05, 3.63) is 34.9 Å².